The van der Waals surface area contributed by atoms with Crippen LogP contribution in [0.15, 0.2) is 0 Å². The van der Waals surface area contributed by atoms with Crippen molar-refractivity contribution in [3.05, 3.63) is 0 Å². The van der Waals surface area contributed by atoms with Crippen LogP contribution in [0.5, 0.6) is 0 Å². The van der Waals surface area contributed by atoms with Gasteiger partial charge in [0, 0.05) is 20.3 Å². The summed E-state index contributed by atoms with van der Waals surface area (Å²) in [4.78, 5) is 36.0. The Kier molecular flexibility index (Phi) is 11.4. The molecule has 14 nitrogen and oxygen atoms in total. The monoisotopic (exact) mass is 521 g/mol. The minimum absolute atomic E-state index is 0.0814. The first-order valence-electron chi connectivity index (χ1n) is 12.0. The molecule has 0 aromatic heterocycles. The summed E-state index contributed by atoms with van der Waals surface area (Å²) in [5.41, 5.74) is 0. The fourth-order valence-corrected chi connectivity index (χ4v) is 4.21. The molecule has 0 bridgehead atoms. The summed E-state index contributed by atoms with van der Waals surface area (Å²) in [6.45, 7) is 4.85. The Morgan fingerprint density at radius 3 is 1.97 bits per heavy atom. The average molecular weight is 522 g/mol. The zero-order chi connectivity index (χ0) is 27.2. The summed E-state index contributed by atoms with van der Waals surface area (Å²) < 4.78 is 17.2. The van der Waals surface area contributed by atoms with Crippen molar-refractivity contribution >= 4 is 17.7 Å². The first-order valence-corrected chi connectivity index (χ1v) is 12.0. The molecule has 2 heterocycles. The molecule has 2 rings (SSSR count). The van der Waals surface area contributed by atoms with Crippen molar-refractivity contribution in [3.8, 4) is 0 Å². The Morgan fingerprint density at radius 1 is 0.861 bits per heavy atom. The minimum atomic E-state index is -1.60. The number of carbonyl (C=O) groups excluding carboxylic acids is 3. The lowest BCUT2D eigenvalue weighted by atomic mass is 9.93. The Labute approximate surface area is 209 Å². The average Bonchev–Trinajstić information content (AvgIpc) is 2.81. The summed E-state index contributed by atoms with van der Waals surface area (Å²) in [5.74, 6) is -1.41. The fourth-order valence-electron chi connectivity index (χ4n) is 4.21. The molecule has 14 heteroatoms. The lowest BCUT2D eigenvalue weighted by Gasteiger charge is -2.48. The van der Waals surface area contributed by atoms with Crippen LogP contribution in [0, 0.1) is 5.92 Å². The molecule has 2 aliphatic heterocycles. The molecule has 36 heavy (non-hydrogen) atoms. The van der Waals surface area contributed by atoms with E-state index >= 15 is 0 Å². The molecule has 0 spiro atoms. The Balaban J connectivity index is 2.29. The molecule has 0 aromatic carbocycles. The number of carbonyl (C=O) groups is 3. The number of ether oxygens (including phenoxy) is 3. The molecule has 0 aliphatic carbocycles. The van der Waals surface area contributed by atoms with Crippen molar-refractivity contribution in [1.82, 2.24) is 16.0 Å². The van der Waals surface area contributed by atoms with Crippen LogP contribution in [0.4, 0.5) is 0 Å². The summed E-state index contributed by atoms with van der Waals surface area (Å²) in [6, 6.07) is -2.50. The van der Waals surface area contributed by atoms with Gasteiger partial charge in [0.15, 0.2) is 12.5 Å². The molecule has 11 unspecified atom stereocenters. The predicted molar refractivity (Wildman–Crippen MR) is 122 cm³/mol. The third kappa shape index (κ3) is 7.55. The largest absolute Gasteiger partial charge is 0.394 e. The van der Waals surface area contributed by atoms with E-state index in [9.17, 15) is 39.9 Å². The fraction of sp³-hybridized carbons (Fsp3) is 0.864. The second-order valence-corrected chi connectivity index (χ2v) is 9.31. The molecule has 2 saturated heterocycles. The Morgan fingerprint density at radius 2 is 1.44 bits per heavy atom. The smallest absolute Gasteiger partial charge is 0.222 e. The maximum atomic E-state index is 12.5. The van der Waals surface area contributed by atoms with Gasteiger partial charge in [0.25, 0.3) is 0 Å². The molecule has 8 N–H and O–H groups in total. The van der Waals surface area contributed by atoms with E-state index in [1.165, 1.54) is 13.8 Å². The van der Waals surface area contributed by atoms with E-state index < -0.39 is 86.3 Å². The van der Waals surface area contributed by atoms with Crippen molar-refractivity contribution in [2.75, 3.05) is 13.2 Å². The predicted octanol–water partition coefficient (Wildman–Crippen LogP) is -3.55. The van der Waals surface area contributed by atoms with Crippen LogP contribution in [0.2, 0.25) is 0 Å². The van der Waals surface area contributed by atoms with E-state index in [2.05, 4.69) is 16.0 Å². The third-order valence-electron chi connectivity index (χ3n) is 6.34. The highest BCUT2D eigenvalue weighted by Gasteiger charge is 2.51. The van der Waals surface area contributed by atoms with Gasteiger partial charge < -0.3 is 55.7 Å². The second kappa shape index (κ2) is 13.6. The van der Waals surface area contributed by atoms with Gasteiger partial charge in [-0.1, -0.05) is 20.3 Å². The van der Waals surface area contributed by atoms with Crippen LogP contribution in [0.3, 0.4) is 0 Å². The van der Waals surface area contributed by atoms with E-state index in [1.807, 2.05) is 13.8 Å². The maximum Gasteiger partial charge on any atom is 0.222 e. The van der Waals surface area contributed by atoms with Gasteiger partial charge in [-0.05, 0) is 5.92 Å². The van der Waals surface area contributed by atoms with Crippen LogP contribution in [0.25, 0.3) is 0 Å². The number of hydrogen-bond donors (Lipinski definition) is 8. The quantitative estimate of drug-likeness (QED) is 0.141. The van der Waals surface area contributed by atoms with Gasteiger partial charge in [0.1, 0.15) is 48.7 Å². The van der Waals surface area contributed by atoms with E-state index in [0.29, 0.717) is 0 Å². The van der Waals surface area contributed by atoms with Gasteiger partial charge in [0.2, 0.25) is 17.7 Å². The molecule has 11 atom stereocenters. The van der Waals surface area contributed by atoms with Gasteiger partial charge in [-0.15, -0.1) is 0 Å². The SMILES string of the molecule is CCC(C)CC(=O)NC1OC(CO)C(OC2OC(CO)C(O)C(O)C2NC(C)=O)C(O)C1NC(C)=O. The van der Waals surface area contributed by atoms with E-state index in [1.54, 1.807) is 0 Å². The van der Waals surface area contributed by atoms with Crippen LogP contribution in [0.1, 0.15) is 40.5 Å². The molecule has 3 amide bonds. The second-order valence-electron chi connectivity index (χ2n) is 9.31. The zero-order valence-electron chi connectivity index (χ0n) is 20.9. The molecule has 208 valence electrons. The standard InChI is InChI=1S/C22H39N3O11/c1-5-9(2)6-14(30)25-21-15(23-10(3)28)19(33)20(13(8-27)34-21)36-22-16(24-11(4)29)18(32)17(31)12(7-26)35-22/h9,12-13,15-22,26-27,31-33H,5-8H2,1-4H3,(H,23,28)(H,24,29)(H,25,30). The molecule has 0 radical (unpaired) electrons. The minimum Gasteiger partial charge on any atom is -0.394 e. The van der Waals surface area contributed by atoms with Crippen LogP contribution >= 0.6 is 0 Å². The van der Waals surface area contributed by atoms with Crippen LogP contribution < -0.4 is 16.0 Å². The normalized spacial score (nSPS) is 37.6. The highest BCUT2D eigenvalue weighted by Crippen LogP contribution is 2.29. The van der Waals surface area contributed by atoms with Crippen molar-refractivity contribution < 1.29 is 54.1 Å². The number of aliphatic hydroxyl groups excluding tert-OH is 5. The maximum absolute atomic E-state index is 12.5. The zero-order valence-corrected chi connectivity index (χ0v) is 20.9. The van der Waals surface area contributed by atoms with Crippen molar-refractivity contribution in [2.45, 2.75) is 102 Å². The lowest BCUT2D eigenvalue weighted by molar-refractivity contribution is -0.315. The van der Waals surface area contributed by atoms with Crippen molar-refractivity contribution in [1.29, 1.82) is 0 Å². The van der Waals surface area contributed by atoms with Gasteiger partial charge in [0.05, 0.1) is 13.2 Å². The number of rotatable bonds is 10. The molecule has 0 saturated carbocycles. The van der Waals surface area contributed by atoms with Gasteiger partial charge in [-0.25, -0.2) is 0 Å². The van der Waals surface area contributed by atoms with Gasteiger partial charge >= 0.3 is 0 Å². The van der Waals surface area contributed by atoms with Crippen molar-refractivity contribution in [3.63, 3.8) is 0 Å². The van der Waals surface area contributed by atoms with Crippen LogP contribution in [-0.4, -0.2) is 118 Å². The van der Waals surface area contributed by atoms with Crippen LogP contribution in [-0.2, 0) is 28.6 Å². The van der Waals surface area contributed by atoms with Gasteiger partial charge in [-0.2, -0.15) is 0 Å². The molecular formula is C22H39N3O11. The number of nitrogens with one attached hydrogen (secondary N) is 3. The highest BCUT2D eigenvalue weighted by atomic mass is 16.7. The number of amides is 3. The van der Waals surface area contributed by atoms with E-state index in [4.69, 9.17) is 14.2 Å². The van der Waals surface area contributed by atoms with Crippen molar-refractivity contribution in [2.24, 2.45) is 5.92 Å². The molecular weight excluding hydrogens is 482 g/mol. The topological polar surface area (TPSA) is 216 Å². The Bertz CT molecular complexity index is 757. The lowest BCUT2D eigenvalue weighted by Crippen LogP contribution is -2.71. The summed E-state index contributed by atoms with van der Waals surface area (Å²) >= 11 is 0. The summed E-state index contributed by atoms with van der Waals surface area (Å²) in [5, 5.41) is 58.9. The first kappa shape index (κ1) is 30.3. The van der Waals surface area contributed by atoms with Gasteiger partial charge in [-0.3, -0.25) is 14.4 Å². The molecule has 2 aliphatic rings. The summed E-state index contributed by atoms with van der Waals surface area (Å²) in [6.07, 6.45) is -10.3. The van der Waals surface area contributed by atoms with E-state index in [0.717, 1.165) is 6.42 Å². The third-order valence-corrected chi connectivity index (χ3v) is 6.34. The first-order chi connectivity index (χ1) is 16.9. The number of hydrogen-bond acceptors (Lipinski definition) is 11. The molecule has 2 fully saturated rings. The molecule has 0 aromatic rings. The highest BCUT2D eigenvalue weighted by molar-refractivity contribution is 5.77. The summed E-state index contributed by atoms with van der Waals surface area (Å²) in [7, 11) is 0. The van der Waals surface area contributed by atoms with E-state index in [-0.39, 0.29) is 18.2 Å². The number of aliphatic hydroxyl groups is 5. The Hall–Kier alpha value is -1.91.